The molecule has 20 heteroatoms. The van der Waals surface area contributed by atoms with Gasteiger partial charge in [-0.3, -0.25) is 9.59 Å². The molecule has 20 nitrogen and oxygen atoms in total. The lowest BCUT2D eigenvalue weighted by Gasteiger charge is -2.52. The van der Waals surface area contributed by atoms with E-state index in [2.05, 4.69) is 10.6 Å². The highest BCUT2D eigenvalue weighted by Crippen LogP contribution is 2.39. The Bertz CT molecular complexity index is 1140. The molecule has 3 heterocycles. The summed E-state index contributed by atoms with van der Waals surface area (Å²) in [5.41, 5.74) is -0.675. The molecule has 2 amide bonds. The smallest absolute Gasteiger partial charge is 0.364 e. The number of carboxylic acid groups (broad SMARTS) is 1. The maximum Gasteiger partial charge on any atom is 0.364 e. The first-order chi connectivity index (χ1) is 22.7. The Hall–Kier alpha value is -2.15. The number of nitrogens with one attached hydrogen (secondary N) is 2. The van der Waals surface area contributed by atoms with Gasteiger partial charge in [0.1, 0.15) is 61.0 Å². The van der Waals surface area contributed by atoms with Gasteiger partial charge in [0, 0.05) is 20.3 Å². The van der Waals surface area contributed by atoms with Gasteiger partial charge >= 0.3 is 5.97 Å². The summed E-state index contributed by atoms with van der Waals surface area (Å²) in [6.07, 6.45) is -23.9. The molecule has 0 spiro atoms. The highest BCUT2D eigenvalue weighted by molar-refractivity contribution is 5.76. The minimum absolute atomic E-state index is 0.529. The number of aliphatic hydroxyl groups is 9. The molecule has 3 rings (SSSR count). The van der Waals surface area contributed by atoms with Crippen molar-refractivity contribution < 1.29 is 89.1 Å². The van der Waals surface area contributed by atoms with Gasteiger partial charge in [-0.05, 0) is 5.41 Å². The number of carbonyl (C=O) groups is 3. The molecule has 0 saturated carbocycles. The van der Waals surface area contributed by atoms with Crippen LogP contribution in [0, 0.1) is 5.41 Å². The Morgan fingerprint density at radius 2 is 1.43 bits per heavy atom. The Morgan fingerprint density at radius 3 is 1.92 bits per heavy atom. The molecule has 16 unspecified atom stereocenters. The van der Waals surface area contributed by atoms with Crippen LogP contribution in [-0.4, -0.2) is 186 Å². The zero-order valence-electron chi connectivity index (χ0n) is 27.7. The van der Waals surface area contributed by atoms with E-state index in [0.29, 0.717) is 0 Å². The van der Waals surface area contributed by atoms with E-state index in [-0.39, 0.29) is 0 Å². The molecule has 12 N–H and O–H groups in total. The van der Waals surface area contributed by atoms with Crippen LogP contribution in [0.2, 0.25) is 0 Å². The highest BCUT2D eigenvalue weighted by atomic mass is 16.8. The number of ether oxygens (including phenoxy) is 5. The number of aliphatic carboxylic acids is 1. The first-order valence-corrected chi connectivity index (χ1v) is 15.7. The molecule has 0 aliphatic carbocycles. The predicted octanol–water partition coefficient (Wildman–Crippen LogP) is -5.98. The van der Waals surface area contributed by atoms with Crippen LogP contribution in [0.25, 0.3) is 0 Å². The summed E-state index contributed by atoms with van der Waals surface area (Å²) < 4.78 is 28.7. The number of carbonyl (C=O) groups excluding carboxylic acids is 2. The van der Waals surface area contributed by atoms with Gasteiger partial charge in [-0.15, -0.1) is 0 Å². The van der Waals surface area contributed by atoms with E-state index in [0.717, 1.165) is 6.92 Å². The van der Waals surface area contributed by atoms with Crippen LogP contribution in [0.1, 0.15) is 41.0 Å². The quantitative estimate of drug-likeness (QED) is 0.0895. The lowest BCUT2D eigenvalue weighted by Crippen LogP contribution is -2.71. The van der Waals surface area contributed by atoms with Gasteiger partial charge in [-0.25, -0.2) is 4.79 Å². The lowest BCUT2D eigenvalue weighted by atomic mass is 9.78. The molecule has 16 atom stereocenters. The summed E-state index contributed by atoms with van der Waals surface area (Å²) in [6, 6.07) is -2.63. The van der Waals surface area contributed by atoms with Crippen LogP contribution in [0.3, 0.4) is 0 Å². The van der Waals surface area contributed by atoms with Crippen molar-refractivity contribution in [3.63, 3.8) is 0 Å². The van der Waals surface area contributed by atoms with Crippen LogP contribution in [0.4, 0.5) is 0 Å². The van der Waals surface area contributed by atoms with E-state index >= 15 is 0 Å². The average molecular weight is 715 g/mol. The number of amides is 2. The Morgan fingerprint density at radius 1 is 0.857 bits per heavy atom. The molecule has 3 aliphatic rings. The van der Waals surface area contributed by atoms with E-state index in [1.807, 2.05) is 0 Å². The molecule has 0 bridgehead atoms. The number of hydrogen-bond donors (Lipinski definition) is 12. The molecule has 0 aromatic rings. The number of hydrogen-bond acceptors (Lipinski definition) is 17. The second-order valence-corrected chi connectivity index (χ2v) is 13.6. The maximum absolute atomic E-state index is 12.7. The Balaban J connectivity index is 1.98. The van der Waals surface area contributed by atoms with E-state index in [9.17, 15) is 65.4 Å². The van der Waals surface area contributed by atoms with Crippen molar-refractivity contribution in [2.24, 2.45) is 5.41 Å². The standard InChI is InChI=1S/C29H50N2O18/c1-10(35)30-16-12(37)6-29(27(43)44,48-23(16)18(39)13(38)7-32)49-24-19(40)14(8-33)46-26(21(24)42)47-22-15(9-34)45-25(28(3,4)5)17(20(22)41)31-11(2)36/h12-26,32-34,37-42H,6-9H2,1-5H3,(H,30,35)(H,31,36)(H,43,44). The van der Waals surface area contributed by atoms with E-state index in [1.165, 1.54) is 6.92 Å². The van der Waals surface area contributed by atoms with Crippen molar-refractivity contribution in [3.05, 3.63) is 0 Å². The largest absolute Gasteiger partial charge is 0.477 e. The highest BCUT2D eigenvalue weighted by Gasteiger charge is 2.60. The molecule has 0 aromatic carbocycles. The van der Waals surface area contributed by atoms with Crippen LogP contribution in [0.5, 0.6) is 0 Å². The Kier molecular flexibility index (Phi) is 13.9. The molecule has 3 fully saturated rings. The summed E-state index contributed by atoms with van der Waals surface area (Å²) in [4.78, 5) is 36.6. The van der Waals surface area contributed by atoms with Gasteiger partial charge in [0.2, 0.25) is 11.8 Å². The SMILES string of the molecule is CC(=O)NC1C(O)CC(OC2C(O)C(CO)OC(OC3C(CO)OC(C(C)(C)C)C(NC(C)=O)C3O)C2O)(C(=O)O)OC1C(O)C(O)CO. The third-order valence-corrected chi connectivity index (χ3v) is 8.75. The van der Waals surface area contributed by atoms with Crippen LogP contribution < -0.4 is 10.6 Å². The Labute approximate surface area is 281 Å². The average Bonchev–Trinajstić information content (AvgIpc) is 3.01. The summed E-state index contributed by atoms with van der Waals surface area (Å²) >= 11 is 0. The van der Waals surface area contributed by atoms with E-state index in [4.69, 9.17) is 23.7 Å². The van der Waals surface area contributed by atoms with Gasteiger partial charge in [0.15, 0.2) is 6.29 Å². The fourth-order valence-electron chi connectivity index (χ4n) is 6.34. The number of rotatable bonds is 12. The molecular weight excluding hydrogens is 664 g/mol. The number of carboxylic acids is 1. The van der Waals surface area contributed by atoms with Gasteiger partial charge in [-0.2, -0.15) is 0 Å². The van der Waals surface area contributed by atoms with Gasteiger partial charge < -0.3 is 85.4 Å². The summed E-state index contributed by atoms with van der Waals surface area (Å²) in [6.45, 7) is 4.87. The van der Waals surface area contributed by atoms with Gasteiger partial charge in [0.05, 0.1) is 44.1 Å². The van der Waals surface area contributed by atoms with Crippen LogP contribution in [-0.2, 0) is 38.1 Å². The fourth-order valence-corrected chi connectivity index (χ4v) is 6.34. The molecular formula is C29H50N2O18. The predicted molar refractivity (Wildman–Crippen MR) is 159 cm³/mol. The van der Waals surface area contributed by atoms with E-state index < -0.39 is 147 Å². The van der Waals surface area contributed by atoms with Crippen molar-refractivity contribution >= 4 is 17.8 Å². The van der Waals surface area contributed by atoms with Gasteiger partial charge in [-0.1, -0.05) is 20.8 Å². The third-order valence-electron chi connectivity index (χ3n) is 8.75. The molecule has 0 aromatic heterocycles. The molecule has 3 saturated heterocycles. The van der Waals surface area contributed by atoms with Crippen LogP contribution in [0.15, 0.2) is 0 Å². The van der Waals surface area contributed by atoms with E-state index in [1.54, 1.807) is 20.8 Å². The zero-order valence-corrected chi connectivity index (χ0v) is 27.7. The van der Waals surface area contributed by atoms with Gasteiger partial charge in [0.25, 0.3) is 5.79 Å². The van der Waals surface area contributed by atoms with Crippen molar-refractivity contribution in [1.82, 2.24) is 10.6 Å². The molecule has 284 valence electrons. The molecule has 3 aliphatic heterocycles. The number of aliphatic hydroxyl groups excluding tert-OH is 9. The summed E-state index contributed by atoms with van der Waals surface area (Å²) in [5.74, 6) is -6.23. The zero-order chi connectivity index (χ0) is 37.2. The first-order valence-electron chi connectivity index (χ1n) is 15.7. The van der Waals surface area contributed by atoms with Crippen molar-refractivity contribution in [2.45, 2.75) is 138 Å². The minimum atomic E-state index is -3.01. The minimum Gasteiger partial charge on any atom is -0.477 e. The second kappa shape index (κ2) is 16.5. The second-order valence-electron chi connectivity index (χ2n) is 13.6. The normalized spacial score (nSPS) is 41.4. The van der Waals surface area contributed by atoms with Crippen molar-refractivity contribution in [1.29, 1.82) is 0 Å². The molecule has 49 heavy (non-hydrogen) atoms. The summed E-state index contributed by atoms with van der Waals surface area (Å²) in [7, 11) is 0. The lowest BCUT2D eigenvalue weighted by molar-refractivity contribution is -0.380. The topological polar surface area (TPSA) is 324 Å². The van der Waals surface area contributed by atoms with Crippen molar-refractivity contribution in [2.75, 3.05) is 19.8 Å². The van der Waals surface area contributed by atoms with Crippen LogP contribution >= 0.6 is 0 Å². The molecule has 0 radical (unpaired) electrons. The van der Waals surface area contributed by atoms with Crippen molar-refractivity contribution in [3.8, 4) is 0 Å². The summed E-state index contributed by atoms with van der Waals surface area (Å²) in [5, 5.41) is 110. The first kappa shape index (κ1) is 41.3. The monoisotopic (exact) mass is 714 g/mol. The maximum atomic E-state index is 12.7. The fraction of sp³-hybridized carbons (Fsp3) is 0.897. The third kappa shape index (κ3) is 9.02.